The van der Waals surface area contributed by atoms with E-state index in [0.29, 0.717) is 22.0 Å². The first-order valence-corrected chi connectivity index (χ1v) is 5.80. The number of hydrogen-bond donors (Lipinski definition) is 0. The van der Waals surface area contributed by atoms with Crippen molar-refractivity contribution in [3.63, 3.8) is 0 Å². The maximum absolute atomic E-state index is 13.4. The molecule has 3 rings (SSSR count). The predicted octanol–water partition coefficient (Wildman–Crippen LogP) is 4.21. The van der Waals surface area contributed by atoms with Gasteiger partial charge in [-0.1, -0.05) is 11.6 Å². The lowest BCUT2D eigenvalue weighted by Gasteiger charge is -2.07. The first-order chi connectivity index (χ1) is 7.66. The zero-order valence-corrected chi connectivity index (χ0v) is 9.68. The average Bonchev–Trinajstić information content (AvgIpc) is 3.07. The molecule has 1 aliphatic carbocycles. The lowest BCUT2D eigenvalue weighted by Crippen LogP contribution is -1.93. The van der Waals surface area contributed by atoms with Gasteiger partial charge < -0.3 is 0 Å². The van der Waals surface area contributed by atoms with E-state index >= 15 is 0 Å². The fourth-order valence-electron chi connectivity index (χ4n) is 1.97. The van der Waals surface area contributed by atoms with Crippen molar-refractivity contribution in [1.29, 1.82) is 0 Å². The SMILES string of the molecule is Cc1c(F)ccc2c(Cl)cc(C3CC3)nc12. The van der Waals surface area contributed by atoms with Gasteiger partial charge in [0.2, 0.25) is 0 Å². The summed E-state index contributed by atoms with van der Waals surface area (Å²) in [6.45, 7) is 1.75. The van der Waals surface area contributed by atoms with Crippen LogP contribution in [0.15, 0.2) is 18.2 Å². The Labute approximate surface area is 98.3 Å². The fraction of sp³-hybridized carbons (Fsp3) is 0.308. The second-order valence-corrected chi connectivity index (χ2v) is 4.78. The van der Waals surface area contributed by atoms with Gasteiger partial charge in [0.05, 0.1) is 10.5 Å². The van der Waals surface area contributed by atoms with Gasteiger partial charge >= 0.3 is 0 Å². The second kappa shape index (κ2) is 3.42. The van der Waals surface area contributed by atoms with Gasteiger partial charge in [0, 0.05) is 22.6 Å². The van der Waals surface area contributed by atoms with E-state index in [2.05, 4.69) is 4.98 Å². The summed E-state index contributed by atoms with van der Waals surface area (Å²) >= 11 is 6.20. The Hall–Kier alpha value is -1.15. The van der Waals surface area contributed by atoms with E-state index in [1.54, 1.807) is 13.0 Å². The first kappa shape index (κ1) is 10.0. The summed E-state index contributed by atoms with van der Waals surface area (Å²) < 4.78 is 13.4. The van der Waals surface area contributed by atoms with E-state index in [0.717, 1.165) is 11.1 Å². The molecule has 3 heteroatoms. The molecule has 0 spiro atoms. The van der Waals surface area contributed by atoms with Crippen LogP contribution in [0.25, 0.3) is 10.9 Å². The highest BCUT2D eigenvalue weighted by Gasteiger charge is 2.26. The number of aromatic nitrogens is 1. The molecule has 0 bridgehead atoms. The molecular formula is C13H11ClFN. The second-order valence-electron chi connectivity index (χ2n) is 4.37. The molecule has 1 aliphatic rings. The highest BCUT2D eigenvalue weighted by Crippen LogP contribution is 2.41. The Morgan fingerprint density at radius 3 is 2.81 bits per heavy atom. The third kappa shape index (κ3) is 1.49. The van der Waals surface area contributed by atoms with Crippen LogP contribution in [0.2, 0.25) is 5.02 Å². The summed E-state index contributed by atoms with van der Waals surface area (Å²) in [7, 11) is 0. The average molecular weight is 236 g/mol. The van der Waals surface area contributed by atoms with E-state index in [1.807, 2.05) is 6.07 Å². The molecule has 1 aromatic heterocycles. The van der Waals surface area contributed by atoms with Crippen molar-refractivity contribution in [3.8, 4) is 0 Å². The predicted molar refractivity (Wildman–Crippen MR) is 63.4 cm³/mol. The minimum Gasteiger partial charge on any atom is -0.252 e. The van der Waals surface area contributed by atoms with Crippen LogP contribution in [0.4, 0.5) is 4.39 Å². The quantitative estimate of drug-likeness (QED) is 0.722. The first-order valence-electron chi connectivity index (χ1n) is 5.42. The van der Waals surface area contributed by atoms with Crippen LogP contribution in [0.3, 0.4) is 0 Å². The molecule has 0 amide bonds. The molecule has 82 valence electrons. The fourth-order valence-corrected chi connectivity index (χ4v) is 2.23. The van der Waals surface area contributed by atoms with Crippen LogP contribution in [-0.2, 0) is 0 Å². The number of aryl methyl sites for hydroxylation is 1. The molecule has 0 atom stereocenters. The van der Waals surface area contributed by atoms with Crippen molar-refractivity contribution in [3.05, 3.63) is 40.3 Å². The van der Waals surface area contributed by atoms with Crippen molar-refractivity contribution >= 4 is 22.5 Å². The molecule has 1 saturated carbocycles. The van der Waals surface area contributed by atoms with Crippen molar-refractivity contribution in [2.75, 3.05) is 0 Å². The molecule has 0 radical (unpaired) electrons. The van der Waals surface area contributed by atoms with Crippen molar-refractivity contribution in [1.82, 2.24) is 4.98 Å². The maximum Gasteiger partial charge on any atom is 0.128 e. The molecule has 2 aromatic rings. The maximum atomic E-state index is 13.4. The van der Waals surface area contributed by atoms with Gasteiger partial charge in [0.1, 0.15) is 5.82 Å². The van der Waals surface area contributed by atoms with Gasteiger partial charge in [-0.05, 0) is 38.0 Å². The largest absolute Gasteiger partial charge is 0.252 e. The number of hydrogen-bond acceptors (Lipinski definition) is 1. The lowest BCUT2D eigenvalue weighted by molar-refractivity contribution is 0.620. The number of halogens is 2. The summed E-state index contributed by atoms with van der Waals surface area (Å²) in [6, 6.07) is 5.06. The molecule has 0 N–H and O–H groups in total. The number of benzene rings is 1. The topological polar surface area (TPSA) is 12.9 Å². The van der Waals surface area contributed by atoms with Gasteiger partial charge in [0.15, 0.2) is 0 Å². The molecule has 1 aromatic carbocycles. The van der Waals surface area contributed by atoms with Crippen LogP contribution in [0, 0.1) is 12.7 Å². The summed E-state index contributed by atoms with van der Waals surface area (Å²) in [6.07, 6.45) is 2.34. The molecule has 0 unspecified atom stereocenters. The van der Waals surface area contributed by atoms with E-state index < -0.39 is 0 Å². The Kier molecular flexibility index (Phi) is 2.15. The summed E-state index contributed by atoms with van der Waals surface area (Å²) in [5, 5.41) is 1.51. The van der Waals surface area contributed by atoms with Crippen LogP contribution in [0.5, 0.6) is 0 Å². The van der Waals surface area contributed by atoms with Crippen LogP contribution < -0.4 is 0 Å². The summed E-state index contributed by atoms with van der Waals surface area (Å²) in [5.41, 5.74) is 2.29. The Balaban J connectivity index is 2.33. The van der Waals surface area contributed by atoms with Crippen molar-refractivity contribution in [2.24, 2.45) is 0 Å². The van der Waals surface area contributed by atoms with E-state index in [-0.39, 0.29) is 5.82 Å². The lowest BCUT2D eigenvalue weighted by atomic mass is 10.1. The number of fused-ring (bicyclic) bond motifs is 1. The zero-order chi connectivity index (χ0) is 11.3. The summed E-state index contributed by atoms with van der Waals surface area (Å²) in [5.74, 6) is 0.314. The summed E-state index contributed by atoms with van der Waals surface area (Å²) in [4.78, 5) is 4.53. The smallest absolute Gasteiger partial charge is 0.128 e. The molecule has 1 fully saturated rings. The van der Waals surface area contributed by atoms with Gasteiger partial charge in [-0.15, -0.1) is 0 Å². The number of nitrogens with zero attached hydrogens (tertiary/aromatic N) is 1. The molecule has 0 saturated heterocycles. The normalized spacial score (nSPS) is 15.7. The van der Waals surface area contributed by atoms with E-state index in [1.165, 1.54) is 18.9 Å². The molecule has 16 heavy (non-hydrogen) atoms. The van der Waals surface area contributed by atoms with E-state index in [4.69, 9.17) is 11.6 Å². The van der Waals surface area contributed by atoms with Crippen molar-refractivity contribution in [2.45, 2.75) is 25.7 Å². The molecule has 1 nitrogen and oxygen atoms in total. The molecule has 0 aliphatic heterocycles. The van der Waals surface area contributed by atoms with Crippen LogP contribution >= 0.6 is 11.6 Å². The third-order valence-electron chi connectivity index (χ3n) is 3.13. The van der Waals surface area contributed by atoms with E-state index in [9.17, 15) is 4.39 Å². The van der Waals surface area contributed by atoms with Gasteiger partial charge in [0.25, 0.3) is 0 Å². The number of rotatable bonds is 1. The Morgan fingerprint density at radius 1 is 1.38 bits per heavy atom. The van der Waals surface area contributed by atoms with Crippen molar-refractivity contribution < 1.29 is 4.39 Å². The van der Waals surface area contributed by atoms with Gasteiger partial charge in [-0.3, -0.25) is 4.98 Å². The van der Waals surface area contributed by atoms with Crippen LogP contribution in [-0.4, -0.2) is 4.98 Å². The minimum atomic E-state index is -0.219. The third-order valence-corrected chi connectivity index (χ3v) is 3.45. The monoisotopic (exact) mass is 235 g/mol. The highest BCUT2D eigenvalue weighted by atomic mass is 35.5. The Morgan fingerprint density at radius 2 is 2.12 bits per heavy atom. The molecule has 1 heterocycles. The van der Waals surface area contributed by atoms with Gasteiger partial charge in [-0.2, -0.15) is 0 Å². The zero-order valence-electron chi connectivity index (χ0n) is 8.93. The molecular weight excluding hydrogens is 225 g/mol. The van der Waals surface area contributed by atoms with Crippen LogP contribution in [0.1, 0.15) is 30.0 Å². The van der Waals surface area contributed by atoms with Gasteiger partial charge in [-0.25, -0.2) is 4.39 Å². The standard InChI is InChI=1S/C13H11ClFN/c1-7-11(15)5-4-9-10(14)6-12(8-2-3-8)16-13(7)9/h4-6,8H,2-3H2,1H3. The Bertz CT molecular complexity index is 576. The highest BCUT2D eigenvalue weighted by molar-refractivity contribution is 6.35. The minimum absolute atomic E-state index is 0.219. The number of pyridine rings is 1.